The van der Waals surface area contributed by atoms with Gasteiger partial charge < -0.3 is 10.1 Å². The third-order valence-electron chi connectivity index (χ3n) is 8.74. The van der Waals surface area contributed by atoms with Crippen LogP contribution in [0.15, 0.2) is 133 Å². The van der Waals surface area contributed by atoms with Gasteiger partial charge in [-0.2, -0.15) is 0 Å². The predicted octanol–water partition coefficient (Wildman–Crippen LogP) is 11.0. The summed E-state index contributed by atoms with van der Waals surface area (Å²) in [6.45, 7) is 2.85. The van der Waals surface area contributed by atoms with E-state index in [1.165, 1.54) is 82.5 Å². The Labute approximate surface area is 294 Å². The maximum atomic E-state index is 10.0. The third-order valence-corrected chi connectivity index (χ3v) is 11.0. The van der Waals surface area contributed by atoms with Crippen LogP contribution < -0.4 is 0 Å². The Hall–Kier alpha value is -4.45. The number of nitrogens with zero attached hydrogens (tertiary/aromatic N) is 1. The zero-order valence-corrected chi connectivity index (χ0v) is 29.6. The van der Waals surface area contributed by atoms with Gasteiger partial charge in [0.05, 0.1) is 5.76 Å². The molecule has 1 aliphatic rings. The van der Waals surface area contributed by atoms with Crippen molar-refractivity contribution in [2.45, 2.75) is 19.3 Å². The minimum absolute atomic E-state index is 0. The van der Waals surface area contributed by atoms with Crippen LogP contribution in [0, 0.1) is 6.07 Å². The van der Waals surface area contributed by atoms with Crippen molar-refractivity contribution >= 4 is 68.8 Å². The number of allylic oxidation sites excluding steroid dienone is 2. The van der Waals surface area contributed by atoms with Gasteiger partial charge in [0.25, 0.3) is 0 Å². The Bertz CT molecular complexity index is 2340. The van der Waals surface area contributed by atoms with Crippen LogP contribution >= 0.6 is 22.7 Å². The number of rotatable bonds is 3. The number of aliphatic hydroxyl groups excluding tert-OH is 1. The van der Waals surface area contributed by atoms with Crippen LogP contribution in [0.5, 0.6) is 0 Å². The molecule has 0 fully saturated rings. The number of thiophene rings is 2. The summed E-state index contributed by atoms with van der Waals surface area (Å²) in [5.41, 5.74) is 6.63. The molecule has 0 amide bonds. The van der Waals surface area contributed by atoms with Gasteiger partial charge in [-0.1, -0.05) is 60.2 Å². The number of ketones is 1. The van der Waals surface area contributed by atoms with E-state index in [9.17, 15) is 4.79 Å². The van der Waals surface area contributed by atoms with Crippen molar-refractivity contribution in [1.82, 2.24) is 4.98 Å². The molecule has 0 spiro atoms. The first kappa shape index (κ1) is 31.2. The molecule has 9 rings (SSSR count). The fourth-order valence-corrected chi connectivity index (χ4v) is 9.17. The number of aromatic nitrogens is 1. The third kappa shape index (κ3) is 5.04. The number of pyridine rings is 1. The van der Waals surface area contributed by atoms with Crippen LogP contribution in [0.3, 0.4) is 0 Å². The van der Waals surface area contributed by atoms with E-state index in [4.69, 9.17) is 10.1 Å². The van der Waals surface area contributed by atoms with E-state index >= 15 is 0 Å². The quantitative estimate of drug-likeness (QED) is 0.110. The molecule has 231 valence electrons. The van der Waals surface area contributed by atoms with Crippen molar-refractivity contribution in [1.29, 1.82) is 0 Å². The molecule has 0 atom stereocenters. The maximum absolute atomic E-state index is 10.0. The number of benzene rings is 5. The monoisotopic (exact) mass is 823 g/mol. The minimum Gasteiger partial charge on any atom is -0.512 e. The summed E-state index contributed by atoms with van der Waals surface area (Å²) in [5, 5.41) is 13.6. The normalized spacial score (nSPS) is 13.2. The first-order valence-electron chi connectivity index (χ1n) is 15.1. The summed E-state index contributed by atoms with van der Waals surface area (Å²) in [7, 11) is 0. The zero-order chi connectivity index (χ0) is 31.4. The number of fused-ring (bicyclic) bond motifs is 9. The molecule has 0 bridgehead atoms. The zero-order valence-electron chi connectivity index (χ0n) is 25.6. The van der Waals surface area contributed by atoms with Gasteiger partial charge in [-0.25, -0.2) is 0 Å². The number of carbonyl (C=O) groups is 1. The SMILES string of the molecule is CC(=O)/C=C(/C)O.[Ir].[c-]1cccc2c1-c1ncccc1C2(c1ccc2sc3ccccc3c2c1)c1ccc2sc3ccccc3c2c1. The van der Waals surface area contributed by atoms with Crippen LogP contribution in [0.2, 0.25) is 0 Å². The second-order valence-corrected chi connectivity index (χ2v) is 13.8. The number of hydrogen-bond donors (Lipinski definition) is 1. The summed E-state index contributed by atoms with van der Waals surface area (Å²) in [5.74, 6) is -0.0625. The Morgan fingerprint density at radius 1 is 0.702 bits per heavy atom. The van der Waals surface area contributed by atoms with Gasteiger partial charge in [0.1, 0.15) is 0 Å². The van der Waals surface area contributed by atoms with Crippen LogP contribution in [0.25, 0.3) is 51.6 Å². The molecule has 6 heteroatoms. The molecule has 0 aliphatic heterocycles. The predicted molar refractivity (Wildman–Crippen MR) is 193 cm³/mol. The Kier molecular flexibility index (Phi) is 8.15. The van der Waals surface area contributed by atoms with Crippen LogP contribution in [-0.4, -0.2) is 15.9 Å². The molecule has 0 saturated carbocycles. The van der Waals surface area contributed by atoms with Gasteiger partial charge in [0.15, 0.2) is 5.78 Å². The van der Waals surface area contributed by atoms with Gasteiger partial charge in [0, 0.05) is 78.1 Å². The molecular formula is C41H28IrNO2S2-. The molecule has 3 heterocycles. The van der Waals surface area contributed by atoms with Gasteiger partial charge in [-0.05, 0) is 73.1 Å². The Morgan fingerprint density at radius 2 is 1.26 bits per heavy atom. The first-order valence-corrected chi connectivity index (χ1v) is 16.8. The molecule has 3 aromatic heterocycles. The fourth-order valence-electron chi connectivity index (χ4n) is 7.00. The summed E-state index contributed by atoms with van der Waals surface area (Å²) in [4.78, 5) is 14.9. The van der Waals surface area contributed by atoms with Gasteiger partial charge in [0.2, 0.25) is 0 Å². The van der Waals surface area contributed by atoms with Crippen molar-refractivity contribution in [3.8, 4) is 11.3 Å². The van der Waals surface area contributed by atoms with E-state index in [2.05, 4.69) is 115 Å². The molecule has 47 heavy (non-hydrogen) atoms. The van der Waals surface area contributed by atoms with Crippen molar-refractivity contribution in [3.05, 3.63) is 162 Å². The summed E-state index contributed by atoms with van der Waals surface area (Å²) >= 11 is 3.73. The number of hydrogen-bond acceptors (Lipinski definition) is 5. The molecule has 3 nitrogen and oxygen atoms in total. The van der Waals surface area contributed by atoms with Crippen LogP contribution in [-0.2, 0) is 30.3 Å². The molecule has 0 unspecified atom stereocenters. The van der Waals surface area contributed by atoms with Crippen molar-refractivity contribution < 1.29 is 30.0 Å². The largest absolute Gasteiger partial charge is 0.512 e. The van der Waals surface area contributed by atoms with Crippen molar-refractivity contribution in [2.24, 2.45) is 0 Å². The van der Waals surface area contributed by atoms with Crippen LogP contribution in [0.1, 0.15) is 36.1 Å². The number of carbonyl (C=O) groups excluding carboxylic acids is 1. The van der Waals surface area contributed by atoms with E-state index in [-0.39, 0.29) is 31.6 Å². The average molecular weight is 823 g/mol. The fraction of sp³-hybridized carbons (Fsp3) is 0.0732. The van der Waals surface area contributed by atoms with E-state index < -0.39 is 5.41 Å². The van der Waals surface area contributed by atoms with Crippen molar-refractivity contribution in [3.63, 3.8) is 0 Å². The molecular weight excluding hydrogens is 795 g/mol. The smallest absolute Gasteiger partial charge is 0.155 e. The topological polar surface area (TPSA) is 50.2 Å². The second-order valence-electron chi connectivity index (χ2n) is 11.6. The van der Waals surface area contributed by atoms with E-state index in [0.717, 1.165) is 11.3 Å². The summed E-state index contributed by atoms with van der Waals surface area (Å²) in [6, 6.07) is 46.0. The van der Waals surface area contributed by atoms with Gasteiger partial charge in [-0.3, -0.25) is 4.79 Å². The molecule has 1 aliphatic carbocycles. The van der Waals surface area contributed by atoms with Crippen molar-refractivity contribution in [2.75, 3.05) is 0 Å². The average Bonchev–Trinajstić information content (AvgIpc) is 3.72. The first-order chi connectivity index (χ1) is 22.4. The standard InChI is InChI=1S/C36H20NS2.C5H8O2.Ir/c1-4-11-29-26(10-1)35-30(12-7-19-37-35)36(29,22-15-17-33-27(20-22)24-8-2-5-13-31(24)38-33)23-16-18-34-28(21-23)25-9-3-6-14-32(25)39-34;1-4(6)3-5(2)7;/h1-9,11-21H;3,6H,1-2H3;/q-1;;/b;4-3-;. The molecule has 1 radical (unpaired) electrons. The van der Waals surface area contributed by atoms with E-state index in [0.29, 0.717) is 0 Å². The van der Waals surface area contributed by atoms with Gasteiger partial charge >= 0.3 is 0 Å². The molecule has 0 saturated heterocycles. The van der Waals surface area contributed by atoms with E-state index in [1.807, 2.05) is 34.9 Å². The van der Waals surface area contributed by atoms with Gasteiger partial charge in [-0.15, -0.1) is 58.1 Å². The Balaban J connectivity index is 0.000000399. The second kappa shape index (κ2) is 12.3. The number of aliphatic hydroxyl groups is 1. The van der Waals surface area contributed by atoms with Crippen LogP contribution in [0.4, 0.5) is 0 Å². The molecule has 5 aromatic carbocycles. The maximum Gasteiger partial charge on any atom is 0.155 e. The molecule has 8 aromatic rings. The minimum atomic E-state index is -0.495. The Morgan fingerprint density at radius 3 is 1.81 bits per heavy atom. The summed E-state index contributed by atoms with van der Waals surface area (Å²) in [6.07, 6.45) is 3.07. The summed E-state index contributed by atoms with van der Waals surface area (Å²) < 4.78 is 5.29. The molecule has 1 N–H and O–H groups in total. The van der Waals surface area contributed by atoms with E-state index in [1.54, 1.807) is 0 Å².